The number of benzene rings is 3. The van der Waals surface area contributed by atoms with Crippen molar-refractivity contribution in [1.29, 1.82) is 0 Å². The fourth-order valence-electron chi connectivity index (χ4n) is 3.65. The molecule has 0 fully saturated rings. The number of fused-ring (bicyclic) bond motifs is 2. The van der Waals surface area contributed by atoms with Crippen molar-refractivity contribution in [2.75, 3.05) is 0 Å². The Hall–Kier alpha value is -3.11. The molecular formula is C23H15BrN2O. The third-order valence-electron chi connectivity index (χ3n) is 4.88. The van der Waals surface area contributed by atoms with Crippen LogP contribution in [0, 0.1) is 0 Å². The normalized spacial score (nSPS) is 14.6. The third kappa shape index (κ3) is 2.61. The molecule has 1 aliphatic rings. The van der Waals surface area contributed by atoms with Crippen molar-refractivity contribution in [2.45, 2.75) is 0 Å². The number of nitrogens with zero attached hydrogens (tertiary/aromatic N) is 1. The first-order chi connectivity index (χ1) is 13.2. The SMILES string of the molecule is Oc1cc(Br)ccc1/C(=C1\C=Nc2ccccc21)c1c[nH]c2ccccc12. The molecule has 0 bridgehead atoms. The third-order valence-corrected chi connectivity index (χ3v) is 5.38. The number of aromatic hydroxyl groups is 1. The molecule has 4 heteroatoms. The smallest absolute Gasteiger partial charge is 0.124 e. The second-order valence-corrected chi connectivity index (χ2v) is 7.39. The number of phenolic OH excluding ortho intramolecular Hbond substituents is 1. The first-order valence-corrected chi connectivity index (χ1v) is 9.45. The number of aromatic amines is 1. The van der Waals surface area contributed by atoms with E-state index in [4.69, 9.17) is 0 Å². The van der Waals surface area contributed by atoms with Gasteiger partial charge in [0.15, 0.2) is 0 Å². The van der Waals surface area contributed by atoms with Crippen molar-refractivity contribution in [3.63, 3.8) is 0 Å². The Kier molecular flexibility index (Phi) is 3.73. The highest BCUT2D eigenvalue weighted by Crippen LogP contribution is 2.43. The van der Waals surface area contributed by atoms with Crippen molar-refractivity contribution in [3.8, 4) is 5.75 Å². The minimum Gasteiger partial charge on any atom is -0.507 e. The summed E-state index contributed by atoms with van der Waals surface area (Å²) in [7, 11) is 0. The fourth-order valence-corrected chi connectivity index (χ4v) is 4.00. The van der Waals surface area contributed by atoms with Gasteiger partial charge < -0.3 is 10.1 Å². The Labute approximate surface area is 164 Å². The molecule has 0 radical (unpaired) electrons. The summed E-state index contributed by atoms with van der Waals surface area (Å²) in [4.78, 5) is 7.93. The zero-order chi connectivity index (χ0) is 18.4. The Bertz CT molecular complexity index is 1250. The van der Waals surface area contributed by atoms with E-state index in [2.05, 4.69) is 44.1 Å². The quantitative estimate of drug-likeness (QED) is 0.396. The molecule has 5 rings (SSSR count). The van der Waals surface area contributed by atoms with Crippen molar-refractivity contribution >= 4 is 49.9 Å². The summed E-state index contributed by atoms with van der Waals surface area (Å²) < 4.78 is 0.840. The van der Waals surface area contributed by atoms with Gasteiger partial charge in [-0.2, -0.15) is 0 Å². The number of para-hydroxylation sites is 2. The van der Waals surface area contributed by atoms with Gasteiger partial charge in [-0.1, -0.05) is 52.3 Å². The number of aliphatic imine (C=N–C) groups is 1. The van der Waals surface area contributed by atoms with E-state index in [-0.39, 0.29) is 5.75 Å². The van der Waals surface area contributed by atoms with Crippen LogP contribution in [-0.2, 0) is 0 Å². The van der Waals surface area contributed by atoms with Gasteiger partial charge in [0.2, 0.25) is 0 Å². The number of aromatic nitrogens is 1. The molecule has 3 aromatic carbocycles. The second kappa shape index (κ2) is 6.25. The van der Waals surface area contributed by atoms with Gasteiger partial charge in [-0.3, -0.25) is 4.99 Å². The van der Waals surface area contributed by atoms with E-state index in [1.165, 1.54) is 0 Å². The van der Waals surface area contributed by atoms with E-state index in [1.54, 1.807) is 6.07 Å². The molecule has 1 aromatic heterocycles. The molecule has 0 saturated heterocycles. The first kappa shape index (κ1) is 16.1. The van der Waals surface area contributed by atoms with Crippen LogP contribution in [-0.4, -0.2) is 16.3 Å². The molecule has 0 amide bonds. The topological polar surface area (TPSA) is 48.4 Å². The summed E-state index contributed by atoms with van der Waals surface area (Å²) >= 11 is 3.43. The lowest BCUT2D eigenvalue weighted by molar-refractivity contribution is 0.473. The van der Waals surface area contributed by atoms with Crippen LogP contribution >= 0.6 is 15.9 Å². The number of H-pyrrole nitrogens is 1. The highest BCUT2D eigenvalue weighted by atomic mass is 79.9. The maximum Gasteiger partial charge on any atom is 0.124 e. The molecule has 0 spiro atoms. The van der Waals surface area contributed by atoms with Crippen LogP contribution in [0.5, 0.6) is 5.75 Å². The van der Waals surface area contributed by atoms with E-state index in [0.29, 0.717) is 0 Å². The number of allylic oxidation sites excluding steroid dienone is 1. The predicted molar refractivity (Wildman–Crippen MR) is 115 cm³/mol. The highest BCUT2D eigenvalue weighted by Gasteiger charge is 2.22. The fraction of sp³-hybridized carbons (Fsp3) is 0. The van der Waals surface area contributed by atoms with E-state index < -0.39 is 0 Å². The number of halogens is 1. The number of rotatable bonds is 2. The Morgan fingerprint density at radius 2 is 1.74 bits per heavy atom. The maximum atomic E-state index is 10.7. The standard InChI is InChI=1S/C23H15BrN2O/c24-14-9-10-17(22(27)11-14)23(18-12-25-20-7-3-1-5-15(18)20)19-13-26-21-8-4-2-6-16(19)21/h1-13,25,27H/b23-19-. The molecule has 0 atom stereocenters. The van der Waals surface area contributed by atoms with Crippen molar-refractivity contribution in [2.24, 2.45) is 4.99 Å². The van der Waals surface area contributed by atoms with Gasteiger partial charge in [-0.25, -0.2) is 0 Å². The lowest BCUT2D eigenvalue weighted by Gasteiger charge is -2.14. The van der Waals surface area contributed by atoms with Gasteiger partial charge in [0.1, 0.15) is 5.75 Å². The van der Waals surface area contributed by atoms with Gasteiger partial charge in [-0.05, 0) is 30.3 Å². The molecule has 130 valence electrons. The summed E-state index contributed by atoms with van der Waals surface area (Å²) in [6.45, 7) is 0. The zero-order valence-corrected chi connectivity index (χ0v) is 15.9. The molecule has 3 nitrogen and oxygen atoms in total. The predicted octanol–water partition coefficient (Wildman–Crippen LogP) is 6.31. The molecule has 0 unspecified atom stereocenters. The van der Waals surface area contributed by atoms with Crippen LogP contribution < -0.4 is 0 Å². The average Bonchev–Trinajstić information content (AvgIpc) is 3.29. The summed E-state index contributed by atoms with van der Waals surface area (Å²) in [5.41, 5.74) is 6.87. The van der Waals surface area contributed by atoms with Crippen LogP contribution in [0.25, 0.3) is 22.0 Å². The molecule has 2 heterocycles. The van der Waals surface area contributed by atoms with Crippen LogP contribution in [0.4, 0.5) is 5.69 Å². The van der Waals surface area contributed by atoms with Crippen molar-refractivity contribution in [3.05, 3.63) is 94.1 Å². The number of hydrogen-bond donors (Lipinski definition) is 2. The Balaban J connectivity index is 1.88. The summed E-state index contributed by atoms with van der Waals surface area (Å²) in [5.74, 6) is 0.231. The zero-order valence-electron chi connectivity index (χ0n) is 14.3. The maximum absolute atomic E-state index is 10.7. The largest absolute Gasteiger partial charge is 0.507 e. The summed E-state index contributed by atoms with van der Waals surface area (Å²) in [5, 5.41) is 11.8. The minimum absolute atomic E-state index is 0.231. The molecule has 2 N–H and O–H groups in total. The number of nitrogens with one attached hydrogen (secondary N) is 1. The van der Waals surface area contributed by atoms with Gasteiger partial charge in [0.25, 0.3) is 0 Å². The second-order valence-electron chi connectivity index (χ2n) is 6.47. The monoisotopic (exact) mass is 414 g/mol. The van der Waals surface area contributed by atoms with Crippen molar-refractivity contribution in [1.82, 2.24) is 4.98 Å². The lowest BCUT2D eigenvalue weighted by Crippen LogP contribution is -1.94. The Morgan fingerprint density at radius 3 is 2.63 bits per heavy atom. The molecule has 1 aliphatic heterocycles. The summed E-state index contributed by atoms with van der Waals surface area (Å²) in [6.07, 6.45) is 3.90. The number of hydrogen-bond acceptors (Lipinski definition) is 2. The van der Waals surface area contributed by atoms with E-state index in [0.717, 1.165) is 48.9 Å². The molecule has 0 aliphatic carbocycles. The van der Waals surface area contributed by atoms with E-state index in [9.17, 15) is 5.11 Å². The first-order valence-electron chi connectivity index (χ1n) is 8.65. The molecule has 4 aromatic rings. The average molecular weight is 415 g/mol. The molecule has 27 heavy (non-hydrogen) atoms. The van der Waals surface area contributed by atoms with Gasteiger partial charge in [-0.15, -0.1) is 0 Å². The van der Waals surface area contributed by atoms with E-state index >= 15 is 0 Å². The Morgan fingerprint density at radius 1 is 0.926 bits per heavy atom. The van der Waals surface area contributed by atoms with E-state index in [1.807, 2.05) is 54.9 Å². The van der Waals surface area contributed by atoms with Crippen molar-refractivity contribution < 1.29 is 5.11 Å². The van der Waals surface area contributed by atoms with Crippen LogP contribution in [0.3, 0.4) is 0 Å². The lowest BCUT2D eigenvalue weighted by atomic mass is 9.89. The highest BCUT2D eigenvalue weighted by molar-refractivity contribution is 9.10. The molecular weight excluding hydrogens is 400 g/mol. The number of phenols is 1. The molecule has 0 saturated carbocycles. The minimum atomic E-state index is 0.231. The van der Waals surface area contributed by atoms with Crippen LogP contribution in [0.2, 0.25) is 0 Å². The van der Waals surface area contributed by atoms with Gasteiger partial charge in [0, 0.05) is 55.6 Å². The van der Waals surface area contributed by atoms with Gasteiger partial charge in [0.05, 0.1) is 5.69 Å². The summed E-state index contributed by atoms with van der Waals surface area (Å²) in [6, 6.07) is 21.9. The van der Waals surface area contributed by atoms with Crippen LogP contribution in [0.15, 0.2) is 82.4 Å². The van der Waals surface area contributed by atoms with Gasteiger partial charge >= 0.3 is 0 Å². The van der Waals surface area contributed by atoms with Crippen LogP contribution in [0.1, 0.15) is 16.7 Å².